The molecule has 1 amide bonds. The molecule has 9 heteroatoms. The van der Waals surface area contributed by atoms with Crippen LogP contribution < -0.4 is 15.9 Å². The molecule has 4 N–H and O–H groups in total. The molecule has 1 heterocycles. The highest BCUT2D eigenvalue weighted by Crippen LogP contribution is 2.16. The number of benzene rings is 2. The predicted octanol–water partition coefficient (Wildman–Crippen LogP) is 2.07. The van der Waals surface area contributed by atoms with Gasteiger partial charge in [-0.3, -0.25) is 14.7 Å². The summed E-state index contributed by atoms with van der Waals surface area (Å²) >= 11 is 1.14. The van der Waals surface area contributed by atoms with Crippen molar-refractivity contribution < 1.29 is 24.0 Å². The van der Waals surface area contributed by atoms with Gasteiger partial charge in [0.05, 0.1) is 6.61 Å². The van der Waals surface area contributed by atoms with Gasteiger partial charge < -0.3 is 19.7 Å². The van der Waals surface area contributed by atoms with Crippen molar-refractivity contribution in [1.29, 1.82) is 0 Å². The molecule has 0 aliphatic carbocycles. The number of hydrogen-bond donors (Lipinski definition) is 3. The summed E-state index contributed by atoms with van der Waals surface area (Å²) in [6.45, 7) is 6.18. The number of esters is 1. The molecule has 0 radical (unpaired) electrons. The largest absolute Gasteiger partial charge is 0.492 e. The van der Waals surface area contributed by atoms with E-state index in [1.807, 2.05) is 24.3 Å². The normalized spacial score (nSPS) is 12.0. The van der Waals surface area contributed by atoms with Crippen LogP contribution in [0.15, 0.2) is 41.3 Å². The zero-order valence-electron chi connectivity index (χ0n) is 17.4. The second kappa shape index (κ2) is 11.8. The van der Waals surface area contributed by atoms with Gasteiger partial charge in [-0.1, -0.05) is 38.5 Å². The van der Waals surface area contributed by atoms with Gasteiger partial charge in [0.1, 0.15) is 13.2 Å². The van der Waals surface area contributed by atoms with Crippen molar-refractivity contribution in [3.63, 3.8) is 0 Å². The van der Waals surface area contributed by atoms with Gasteiger partial charge in [-0.15, -0.1) is 0 Å². The molecule has 160 valence electrons. The van der Waals surface area contributed by atoms with E-state index >= 15 is 0 Å². The van der Waals surface area contributed by atoms with Gasteiger partial charge in [0.2, 0.25) is 0 Å². The maximum absolute atomic E-state index is 12.4. The predicted molar refractivity (Wildman–Crippen MR) is 118 cm³/mol. The maximum Gasteiger partial charge on any atom is 0.492 e. The van der Waals surface area contributed by atoms with Crippen LogP contribution >= 0.6 is 11.9 Å². The van der Waals surface area contributed by atoms with Crippen LogP contribution in [0.1, 0.15) is 47.3 Å². The number of carbonyl (C=O) groups is 2. The lowest BCUT2D eigenvalue weighted by Crippen LogP contribution is -2.35. The van der Waals surface area contributed by atoms with E-state index in [2.05, 4.69) is 19.2 Å². The Balaban J connectivity index is 0.00000101. The Morgan fingerprint density at radius 1 is 1.23 bits per heavy atom. The van der Waals surface area contributed by atoms with Gasteiger partial charge in [0, 0.05) is 10.5 Å². The van der Waals surface area contributed by atoms with Gasteiger partial charge in [-0.2, -0.15) is 0 Å². The van der Waals surface area contributed by atoms with Crippen LogP contribution in [-0.4, -0.2) is 30.6 Å². The van der Waals surface area contributed by atoms with Crippen LogP contribution in [-0.2, 0) is 27.4 Å². The van der Waals surface area contributed by atoms with E-state index in [0.717, 1.165) is 28.0 Å². The molecule has 0 aromatic heterocycles. The van der Waals surface area contributed by atoms with Crippen molar-refractivity contribution in [2.75, 3.05) is 6.54 Å². The standard InChI is InChI=1S/C18H19BN2O5S.C3H8/c1-11-15(7-4-13-10-26-19(24)17(11)13)18(23)21-8-16(22)25-9-12-2-5-14(27-20)6-3-12;1-3-2/h2-7,24H,8-10,20H2,1H3,(H,21,23);3H2,1-2H3. The lowest BCUT2D eigenvalue weighted by Gasteiger charge is -2.11. The third-order valence-corrected chi connectivity index (χ3v) is 4.89. The highest BCUT2D eigenvalue weighted by molar-refractivity contribution is 7.97. The Labute approximate surface area is 181 Å². The first-order chi connectivity index (χ1) is 14.4. The molecule has 0 spiro atoms. The van der Waals surface area contributed by atoms with Gasteiger partial charge in [0.25, 0.3) is 5.91 Å². The smallest absolute Gasteiger partial charge is 0.460 e. The first-order valence-corrected chi connectivity index (χ1v) is 10.6. The van der Waals surface area contributed by atoms with Crippen molar-refractivity contribution in [1.82, 2.24) is 5.32 Å². The molecule has 0 fully saturated rings. The SMILES string of the molecule is CCC.Cc1c(C(=O)NCC(=O)OCc2ccc(SN)cc2)ccc2c1B(O)OC2. The summed E-state index contributed by atoms with van der Waals surface area (Å²) in [5.74, 6) is -0.946. The summed E-state index contributed by atoms with van der Waals surface area (Å²) < 4.78 is 10.3. The lowest BCUT2D eigenvalue weighted by atomic mass is 9.75. The summed E-state index contributed by atoms with van der Waals surface area (Å²) in [7, 11) is -1.03. The van der Waals surface area contributed by atoms with Crippen LogP contribution in [0, 0.1) is 6.92 Å². The van der Waals surface area contributed by atoms with Crippen molar-refractivity contribution in [3.05, 3.63) is 58.7 Å². The summed E-state index contributed by atoms with van der Waals surface area (Å²) in [4.78, 5) is 25.2. The first kappa shape index (κ1) is 23.9. The van der Waals surface area contributed by atoms with Crippen LogP contribution in [0.2, 0.25) is 0 Å². The number of nitrogens with two attached hydrogens (primary N) is 1. The first-order valence-electron chi connectivity index (χ1n) is 9.72. The summed E-state index contributed by atoms with van der Waals surface area (Å²) in [6.07, 6.45) is 1.25. The molecule has 1 aliphatic rings. The van der Waals surface area contributed by atoms with Crippen molar-refractivity contribution in [3.8, 4) is 0 Å². The highest BCUT2D eigenvalue weighted by Gasteiger charge is 2.31. The van der Waals surface area contributed by atoms with Gasteiger partial charge in [-0.05, 0) is 59.2 Å². The van der Waals surface area contributed by atoms with Crippen LogP contribution in [0.3, 0.4) is 0 Å². The molecule has 3 rings (SSSR count). The molecule has 2 aromatic rings. The Hall–Kier alpha value is -2.33. The molecule has 0 saturated carbocycles. The average Bonchev–Trinajstić information content (AvgIpc) is 3.13. The quantitative estimate of drug-likeness (QED) is 0.366. The maximum atomic E-state index is 12.4. The Bertz CT molecular complexity index is 876. The molecule has 1 aliphatic heterocycles. The fraction of sp³-hybridized carbons (Fsp3) is 0.333. The van der Waals surface area contributed by atoms with Crippen LogP contribution in [0.5, 0.6) is 0 Å². The van der Waals surface area contributed by atoms with Gasteiger partial charge in [0.15, 0.2) is 0 Å². The Kier molecular flexibility index (Phi) is 9.38. The van der Waals surface area contributed by atoms with E-state index in [1.54, 1.807) is 19.1 Å². The minimum absolute atomic E-state index is 0.117. The van der Waals surface area contributed by atoms with E-state index in [4.69, 9.17) is 14.5 Å². The van der Waals surface area contributed by atoms with Gasteiger partial charge in [-0.25, -0.2) is 0 Å². The summed E-state index contributed by atoms with van der Waals surface area (Å²) in [6, 6.07) is 10.7. The molecule has 0 saturated heterocycles. The van der Waals surface area contributed by atoms with E-state index < -0.39 is 19.0 Å². The molecule has 2 aromatic carbocycles. The van der Waals surface area contributed by atoms with E-state index in [0.29, 0.717) is 23.2 Å². The van der Waals surface area contributed by atoms with Crippen LogP contribution in [0.4, 0.5) is 0 Å². The van der Waals surface area contributed by atoms with E-state index in [9.17, 15) is 14.6 Å². The van der Waals surface area contributed by atoms with E-state index in [1.165, 1.54) is 6.42 Å². The third-order valence-electron chi connectivity index (χ3n) is 4.35. The number of ether oxygens (including phenoxy) is 1. The molecular weight excluding hydrogens is 403 g/mol. The minimum atomic E-state index is -1.03. The average molecular weight is 430 g/mol. The number of amides is 1. The molecule has 30 heavy (non-hydrogen) atoms. The fourth-order valence-corrected chi connectivity index (χ4v) is 3.17. The second-order valence-corrected chi connectivity index (χ2v) is 7.49. The van der Waals surface area contributed by atoms with Crippen molar-refractivity contribution in [2.24, 2.45) is 5.14 Å². The molecule has 0 atom stereocenters. The minimum Gasteiger partial charge on any atom is -0.460 e. The summed E-state index contributed by atoms with van der Waals surface area (Å²) in [5, 5.41) is 17.9. The topological polar surface area (TPSA) is 111 Å². The monoisotopic (exact) mass is 430 g/mol. The Morgan fingerprint density at radius 2 is 1.90 bits per heavy atom. The lowest BCUT2D eigenvalue weighted by molar-refractivity contribution is -0.143. The second-order valence-electron chi connectivity index (χ2n) is 6.79. The number of fused-ring (bicyclic) bond motifs is 1. The molecule has 0 unspecified atom stereocenters. The Morgan fingerprint density at radius 3 is 2.53 bits per heavy atom. The fourth-order valence-electron chi connectivity index (χ4n) is 2.88. The van der Waals surface area contributed by atoms with Gasteiger partial charge >= 0.3 is 13.1 Å². The number of nitrogens with one attached hydrogen (secondary N) is 1. The number of carbonyl (C=O) groups excluding carboxylic acids is 2. The molecule has 7 nitrogen and oxygen atoms in total. The van der Waals surface area contributed by atoms with Crippen molar-refractivity contribution >= 4 is 36.4 Å². The number of rotatable bonds is 6. The highest BCUT2D eigenvalue weighted by atomic mass is 32.2. The van der Waals surface area contributed by atoms with E-state index in [-0.39, 0.29) is 13.2 Å². The molecule has 0 bridgehead atoms. The number of hydrogen-bond acceptors (Lipinski definition) is 7. The zero-order valence-corrected chi connectivity index (χ0v) is 18.3. The summed E-state index contributed by atoms with van der Waals surface area (Å²) in [5.41, 5.74) is 3.33. The molecular formula is C21H27BN2O5S. The zero-order chi connectivity index (χ0) is 22.1. The third kappa shape index (κ3) is 6.34. The van der Waals surface area contributed by atoms with Crippen molar-refractivity contribution in [2.45, 2.75) is 45.3 Å². The van der Waals surface area contributed by atoms with Crippen LogP contribution in [0.25, 0.3) is 0 Å².